The van der Waals surface area contributed by atoms with E-state index in [0.29, 0.717) is 5.69 Å². The molecular weight excluding hydrogens is 344 g/mol. The predicted octanol–water partition coefficient (Wildman–Crippen LogP) is 4.18. The third-order valence-electron chi connectivity index (χ3n) is 4.14. The van der Waals surface area contributed by atoms with Crippen LogP contribution in [0.3, 0.4) is 0 Å². The molecule has 0 bridgehead atoms. The number of aryl methyl sites for hydroxylation is 2. The molecule has 130 valence electrons. The first-order chi connectivity index (χ1) is 12.6. The molecule has 2 aromatic carbocycles. The van der Waals surface area contributed by atoms with Crippen LogP contribution in [0.25, 0.3) is 10.2 Å². The quantitative estimate of drug-likeness (QED) is 0.592. The number of rotatable bonds is 4. The molecule has 0 atom stereocenters. The van der Waals surface area contributed by atoms with Crippen molar-refractivity contribution in [2.24, 2.45) is 7.05 Å². The Balaban J connectivity index is 1.46. The highest BCUT2D eigenvalue weighted by Crippen LogP contribution is 2.24. The normalized spacial score (nSPS) is 11.0. The Hall–Kier alpha value is -2.99. The van der Waals surface area contributed by atoms with Gasteiger partial charge in [-0.2, -0.15) is 5.10 Å². The molecule has 0 saturated carbocycles. The summed E-state index contributed by atoms with van der Waals surface area (Å²) in [5.41, 5.74) is 4.34. The lowest BCUT2D eigenvalue weighted by atomic mass is 10.1. The van der Waals surface area contributed by atoms with Gasteiger partial charge in [-0.25, -0.2) is 4.98 Å². The molecule has 2 heterocycles. The second-order valence-electron chi connectivity index (χ2n) is 6.20. The maximum Gasteiger partial charge on any atom is 0.273 e. The van der Waals surface area contributed by atoms with E-state index in [1.54, 1.807) is 29.1 Å². The second-order valence-corrected chi connectivity index (χ2v) is 7.31. The molecule has 0 unspecified atom stereocenters. The highest BCUT2D eigenvalue weighted by molar-refractivity contribution is 7.18. The SMILES string of the molecule is Cc1cc(C(=O)Nc2ccc(Cc3nc4ccccc4s3)cc2)n(C)n1. The topological polar surface area (TPSA) is 59.8 Å². The lowest BCUT2D eigenvalue weighted by Gasteiger charge is -2.06. The van der Waals surface area contributed by atoms with E-state index in [2.05, 4.69) is 21.5 Å². The number of thiazole rings is 1. The van der Waals surface area contributed by atoms with Gasteiger partial charge in [0.2, 0.25) is 0 Å². The van der Waals surface area contributed by atoms with E-state index in [-0.39, 0.29) is 5.91 Å². The molecule has 0 aliphatic heterocycles. The zero-order valence-corrected chi connectivity index (χ0v) is 15.4. The van der Waals surface area contributed by atoms with Gasteiger partial charge in [-0.3, -0.25) is 9.48 Å². The summed E-state index contributed by atoms with van der Waals surface area (Å²) in [5.74, 6) is -0.160. The number of carbonyl (C=O) groups is 1. The van der Waals surface area contributed by atoms with Gasteiger partial charge in [-0.1, -0.05) is 24.3 Å². The molecule has 5 nitrogen and oxygen atoms in total. The summed E-state index contributed by atoms with van der Waals surface area (Å²) < 4.78 is 2.80. The van der Waals surface area contributed by atoms with Gasteiger partial charge in [0.25, 0.3) is 5.91 Å². The number of nitrogens with one attached hydrogen (secondary N) is 1. The number of anilines is 1. The second kappa shape index (κ2) is 6.72. The van der Waals surface area contributed by atoms with E-state index in [4.69, 9.17) is 0 Å². The minimum Gasteiger partial charge on any atom is -0.321 e. The summed E-state index contributed by atoms with van der Waals surface area (Å²) in [6, 6.07) is 17.8. The number of carbonyl (C=O) groups excluding carboxylic acids is 1. The fourth-order valence-corrected chi connectivity index (χ4v) is 3.90. The van der Waals surface area contributed by atoms with Crippen molar-refractivity contribution < 1.29 is 4.79 Å². The Morgan fingerprint density at radius 1 is 1.15 bits per heavy atom. The minimum absolute atomic E-state index is 0.160. The number of para-hydroxylation sites is 1. The van der Waals surface area contributed by atoms with Crippen molar-refractivity contribution in [2.45, 2.75) is 13.3 Å². The van der Waals surface area contributed by atoms with Crippen LogP contribution < -0.4 is 5.32 Å². The Kier molecular flexibility index (Phi) is 4.26. The zero-order valence-electron chi connectivity index (χ0n) is 14.6. The monoisotopic (exact) mass is 362 g/mol. The highest BCUT2D eigenvalue weighted by Gasteiger charge is 2.12. The van der Waals surface area contributed by atoms with Crippen LogP contribution in [0.5, 0.6) is 0 Å². The number of fused-ring (bicyclic) bond motifs is 1. The first kappa shape index (κ1) is 16.5. The van der Waals surface area contributed by atoms with Crippen LogP contribution in [0.4, 0.5) is 5.69 Å². The number of hydrogen-bond acceptors (Lipinski definition) is 4. The van der Waals surface area contributed by atoms with Gasteiger partial charge in [0.05, 0.1) is 20.9 Å². The van der Waals surface area contributed by atoms with E-state index in [0.717, 1.165) is 28.3 Å². The minimum atomic E-state index is -0.160. The lowest BCUT2D eigenvalue weighted by molar-refractivity contribution is 0.101. The highest BCUT2D eigenvalue weighted by atomic mass is 32.1. The van der Waals surface area contributed by atoms with E-state index in [9.17, 15) is 4.79 Å². The van der Waals surface area contributed by atoms with Gasteiger partial charge in [0, 0.05) is 19.2 Å². The van der Waals surface area contributed by atoms with Crippen LogP contribution >= 0.6 is 11.3 Å². The Morgan fingerprint density at radius 2 is 1.92 bits per heavy atom. The van der Waals surface area contributed by atoms with Crippen LogP contribution in [0.15, 0.2) is 54.6 Å². The van der Waals surface area contributed by atoms with E-state index < -0.39 is 0 Å². The van der Waals surface area contributed by atoms with E-state index >= 15 is 0 Å². The predicted molar refractivity (Wildman–Crippen MR) is 105 cm³/mol. The first-order valence-electron chi connectivity index (χ1n) is 8.34. The van der Waals surface area contributed by atoms with Crippen LogP contribution in [0.1, 0.15) is 26.8 Å². The van der Waals surface area contributed by atoms with Crippen LogP contribution in [0, 0.1) is 6.92 Å². The van der Waals surface area contributed by atoms with Gasteiger partial charge in [-0.05, 0) is 42.8 Å². The summed E-state index contributed by atoms with van der Waals surface area (Å²) >= 11 is 1.72. The Labute approximate surface area is 155 Å². The molecule has 4 aromatic rings. The van der Waals surface area contributed by atoms with E-state index in [1.165, 1.54) is 10.3 Å². The van der Waals surface area contributed by atoms with Crippen molar-refractivity contribution in [1.29, 1.82) is 0 Å². The van der Waals surface area contributed by atoms with Crippen molar-refractivity contribution >= 4 is 33.1 Å². The molecule has 1 N–H and O–H groups in total. The molecule has 0 saturated heterocycles. The fraction of sp³-hybridized carbons (Fsp3) is 0.150. The largest absolute Gasteiger partial charge is 0.321 e. The Bertz CT molecular complexity index is 1050. The number of benzene rings is 2. The molecule has 0 fully saturated rings. The summed E-state index contributed by atoms with van der Waals surface area (Å²) in [4.78, 5) is 17.0. The molecule has 0 radical (unpaired) electrons. The lowest BCUT2D eigenvalue weighted by Crippen LogP contribution is -2.16. The summed E-state index contributed by atoms with van der Waals surface area (Å²) in [6.07, 6.45) is 0.786. The van der Waals surface area contributed by atoms with Crippen molar-refractivity contribution in [3.05, 3.63) is 76.6 Å². The van der Waals surface area contributed by atoms with Crippen molar-refractivity contribution in [2.75, 3.05) is 5.32 Å². The van der Waals surface area contributed by atoms with Crippen molar-refractivity contribution in [3.63, 3.8) is 0 Å². The number of amides is 1. The summed E-state index contributed by atoms with van der Waals surface area (Å²) in [7, 11) is 1.77. The molecule has 26 heavy (non-hydrogen) atoms. The van der Waals surface area contributed by atoms with Crippen LogP contribution in [-0.4, -0.2) is 20.7 Å². The molecular formula is C20H18N4OS. The zero-order chi connectivity index (χ0) is 18.1. The average molecular weight is 362 g/mol. The van der Waals surface area contributed by atoms with Gasteiger partial charge in [0.1, 0.15) is 5.69 Å². The Morgan fingerprint density at radius 3 is 2.62 bits per heavy atom. The average Bonchev–Trinajstić information content (AvgIpc) is 3.18. The molecule has 6 heteroatoms. The van der Waals surface area contributed by atoms with Gasteiger partial charge < -0.3 is 5.32 Å². The number of hydrogen-bond donors (Lipinski definition) is 1. The van der Waals surface area contributed by atoms with Gasteiger partial charge >= 0.3 is 0 Å². The van der Waals surface area contributed by atoms with E-state index in [1.807, 2.05) is 49.4 Å². The van der Waals surface area contributed by atoms with Crippen molar-refractivity contribution in [3.8, 4) is 0 Å². The standard InChI is InChI=1S/C20H18N4OS/c1-13-11-17(24(2)23-13)20(25)21-15-9-7-14(8-10-15)12-19-22-16-5-3-4-6-18(16)26-19/h3-11H,12H2,1-2H3,(H,21,25). The molecule has 2 aromatic heterocycles. The smallest absolute Gasteiger partial charge is 0.273 e. The summed E-state index contributed by atoms with van der Waals surface area (Å²) in [5, 5.41) is 8.21. The maximum atomic E-state index is 12.3. The van der Waals surface area contributed by atoms with Gasteiger partial charge in [-0.15, -0.1) is 11.3 Å². The van der Waals surface area contributed by atoms with Gasteiger partial charge in [0.15, 0.2) is 0 Å². The number of nitrogens with zero attached hydrogens (tertiary/aromatic N) is 3. The maximum absolute atomic E-state index is 12.3. The summed E-state index contributed by atoms with van der Waals surface area (Å²) in [6.45, 7) is 1.87. The third kappa shape index (κ3) is 3.36. The molecule has 1 amide bonds. The third-order valence-corrected chi connectivity index (χ3v) is 5.18. The first-order valence-corrected chi connectivity index (χ1v) is 9.15. The van der Waals surface area contributed by atoms with Crippen molar-refractivity contribution in [1.82, 2.24) is 14.8 Å². The molecule has 4 rings (SSSR count). The fourth-order valence-electron chi connectivity index (χ4n) is 2.89. The molecule has 0 aliphatic rings. The molecule has 0 aliphatic carbocycles. The van der Waals surface area contributed by atoms with Crippen LogP contribution in [-0.2, 0) is 13.5 Å². The number of aromatic nitrogens is 3. The van der Waals surface area contributed by atoms with Crippen LogP contribution in [0.2, 0.25) is 0 Å². The molecule has 0 spiro atoms.